The molecule has 0 atom stereocenters. The lowest BCUT2D eigenvalue weighted by molar-refractivity contribution is 0.386. The number of hydrogen-bond donors (Lipinski definition) is 6. The van der Waals surface area contributed by atoms with Crippen LogP contribution in [0.5, 0.6) is 11.5 Å². The van der Waals surface area contributed by atoms with Crippen LogP contribution in [0.1, 0.15) is 0 Å². The van der Waals surface area contributed by atoms with Crippen LogP contribution < -0.4 is 12.3 Å². The average Bonchev–Trinajstić information content (AvgIpc) is 2.05. The van der Waals surface area contributed by atoms with Gasteiger partial charge in [-0.05, 0) is 6.07 Å². The Morgan fingerprint density at radius 1 is 0.833 bits per heavy atom. The van der Waals surface area contributed by atoms with Crippen LogP contribution in [0.2, 0.25) is 0 Å². The van der Waals surface area contributed by atoms with Crippen molar-refractivity contribution in [3.05, 3.63) is 12.1 Å². The predicted molar refractivity (Wildman–Crippen MR) is 59.4 cm³/mol. The first-order valence-corrected chi connectivity index (χ1v) is 6.42. The molecule has 0 saturated carbocycles. The third-order valence-corrected chi connectivity index (χ3v) is 3.30. The molecule has 0 radical (unpaired) electrons. The van der Waals surface area contributed by atoms with E-state index in [0.29, 0.717) is 12.1 Å². The van der Waals surface area contributed by atoms with Gasteiger partial charge in [0.05, 0.1) is 4.90 Å². The minimum absolute atomic E-state index is 0. The lowest BCUT2D eigenvalue weighted by Gasteiger charge is -2.05. The molecule has 0 spiro atoms. The molecule has 0 unspecified atom stereocenters. The molecular formula is C6H12N2O8S2. The van der Waals surface area contributed by atoms with Gasteiger partial charge in [-0.3, -0.25) is 9.11 Å². The summed E-state index contributed by atoms with van der Waals surface area (Å²) in [5.74, 6) is -2.32. The number of hydrogen-bond acceptors (Lipinski definition) is 8. The zero-order valence-corrected chi connectivity index (χ0v) is 10.4. The van der Waals surface area contributed by atoms with Gasteiger partial charge in [0.15, 0.2) is 11.5 Å². The molecule has 0 aromatic heterocycles. The second-order valence-electron chi connectivity index (χ2n) is 2.74. The van der Waals surface area contributed by atoms with Crippen molar-refractivity contribution in [2.75, 3.05) is 0 Å². The summed E-state index contributed by atoms with van der Waals surface area (Å²) in [4.78, 5) is -2.20. The van der Waals surface area contributed by atoms with Crippen LogP contribution in [-0.4, -0.2) is 36.2 Å². The van der Waals surface area contributed by atoms with Gasteiger partial charge >= 0.3 is 0 Å². The molecule has 10 nitrogen and oxygen atoms in total. The molecule has 1 rings (SSSR count). The minimum Gasteiger partial charge on any atom is -0.504 e. The first kappa shape index (κ1) is 18.9. The number of phenols is 2. The van der Waals surface area contributed by atoms with Gasteiger partial charge < -0.3 is 22.5 Å². The van der Waals surface area contributed by atoms with Gasteiger partial charge in [0, 0.05) is 6.07 Å². The van der Waals surface area contributed by atoms with Crippen LogP contribution in [0.3, 0.4) is 0 Å². The van der Waals surface area contributed by atoms with Crippen LogP contribution in [0.4, 0.5) is 0 Å². The molecule has 18 heavy (non-hydrogen) atoms. The maximum absolute atomic E-state index is 10.7. The Morgan fingerprint density at radius 3 is 1.61 bits per heavy atom. The van der Waals surface area contributed by atoms with Crippen molar-refractivity contribution in [1.29, 1.82) is 0 Å². The van der Waals surface area contributed by atoms with Gasteiger partial charge in [-0.1, -0.05) is 0 Å². The highest BCUT2D eigenvalue weighted by Gasteiger charge is 2.23. The van der Waals surface area contributed by atoms with Crippen molar-refractivity contribution >= 4 is 20.2 Å². The Morgan fingerprint density at radius 2 is 1.28 bits per heavy atom. The van der Waals surface area contributed by atoms with E-state index in [4.69, 9.17) is 19.3 Å². The molecule has 12 heteroatoms. The summed E-state index contributed by atoms with van der Waals surface area (Å²) in [6.45, 7) is 0. The zero-order chi connectivity index (χ0) is 12.7. The average molecular weight is 304 g/mol. The van der Waals surface area contributed by atoms with Crippen molar-refractivity contribution < 1.29 is 36.2 Å². The molecule has 10 N–H and O–H groups in total. The Balaban J connectivity index is 0. The number of aromatic hydroxyl groups is 2. The fourth-order valence-corrected chi connectivity index (χ4v) is 2.14. The summed E-state index contributed by atoms with van der Waals surface area (Å²) in [7, 11) is -9.70. The van der Waals surface area contributed by atoms with Crippen molar-refractivity contribution in [3.63, 3.8) is 0 Å². The van der Waals surface area contributed by atoms with E-state index in [9.17, 15) is 16.8 Å². The van der Waals surface area contributed by atoms with Gasteiger partial charge in [-0.15, -0.1) is 0 Å². The fourth-order valence-electron chi connectivity index (χ4n) is 0.914. The highest BCUT2D eigenvalue weighted by molar-refractivity contribution is 7.86. The summed E-state index contributed by atoms with van der Waals surface area (Å²) in [6, 6.07) is 0.735. The molecule has 0 aliphatic heterocycles. The van der Waals surface area contributed by atoms with E-state index in [1.165, 1.54) is 0 Å². The van der Waals surface area contributed by atoms with E-state index in [0.717, 1.165) is 0 Å². The Labute approximate surface area is 103 Å². The van der Waals surface area contributed by atoms with Gasteiger partial charge in [0.25, 0.3) is 20.2 Å². The molecule has 0 fully saturated rings. The van der Waals surface area contributed by atoms with Crippen molar-refractivity contribution in [2.45, 2.75) is 9.79 Å². The van der Waals surface area contributed by atoms with Crippen LogP contribution in [0, 0.1) is 0 Å². The van der Waals surface area contributed by atoms with Crippen LogP contribution >= 0.6 is 0 Å². The SMILES string of the molecule is N.N.O=S(=O)(O)c1cc(O)c(O)c(S(=O)(=O)O)c1. The third kappa shape index (κ3) is 3.80. The Kier molecular flexibility index (Phi) is 5.75. The Hall–Kier alpha value is -1.44. The third-order valence-electron chi connectivity index (χ3n) is 1.60. The lowest BCUT2D eigenvalue weighted by atomic mass is 10.3. The maximum atomic E-state index is 10.7. The summed E-state index contributed by atoms with van der Waals surface area (Å²) >= 11 is 0. The molecule has 0 heterocycles. The normalized spacial score (nSPS) is 11.2. The van der Waals surface area contributed by atoms with E-state index in [-0.39, 0.29) is 12.3 Å². The van der Waals surface area contributed by atoms with Gasteiger partial charge in [-0.25, -0.2) is 0 Å². The maximum Gasteiger partial charge on any atom is 0.298 e. The molecule has 0 aliphatic rings. The lowest BCUT2D eigenvalue weighted by Crippen LogP contribution is -2.03. The predicted octanol–water partition coefficient (Wildman–Crippen LogP) is -0.0848. The van der Waals surface area contributed by atoms with Crippen molar-refractivity contribution in [2.24, 2.45) is 0 Å². The molecule has 106 valence electrons. The summed E-state index contributed by atoms with van der Waals surface area (Å²) in [5.41, 5.74) is 0. The molecule has 1 aromatic carbocycles. The van der Waals surface area contributed by atoms with Crippen LogP contribution in [-0.2, 0) is 20.2 Å². The fraction of sp³-hybridized carbons (Fsp3) is 0. The van der Waals surface area contributed by atoms with E-state index in [1.807, 2.05) is 0 Å². The standard InChI is InChI=1S/C6H6O8S2.2H3N/c7-4-1-3(15(9,10)11)2-5(6(4)8)16(12,13)14;;/h1-2,7-8H,(H,9,10,11)(H,12,13,14);2*1H3. The van der Waals surface area contributed by atoms with E-state index >= 15 is 0 Å². The number of rotatable bonds is 2. The summed E-state index contributed by atoms with van der Waals surface area (Å²) < 4.78 is 59.9. The number of phenolic OH excluding ortho intramolecular Hbond substituents is 2. The van der Waals surface area contributed by atoms with Crippen molar-refractivity contribution in [1.82, 2.24) is 12.3 Å². The highest BCUT2D eigenvalue weighted by Crippen LogP contribution is 2.34. The molecule has 0 amide bonds. The topological polar surface area (TPSA) is 219 Å². The molecule has 1 aromatic rings. The van der Waals surface area contributed by atoms with E-state index in [2.05, 4.69) is 0 Å². The Bertz CT molecular complexity index is 636. The molecular weight excluding hydrogens is 292 g/mol. The molecule has 0 bridgehead atoms. The second-order valence-corrected chi connectivity index (χ2v) is 5.55. The van der Waals surface area contributed by atoms with Gasteiger partial charge in [0.1, 0.15) is 4.90 Å². The second kappa shape index (κ2) is 5.47. The summed E-state index contributed by atoms with van der Waals surface area (Å²) in [6.07, 6.45) is 0. The smallest absolute Gasteiger partial charge is 0.298 e. The first-order chi connectivity index (χ1) is 7.03. The zero-order valence-electron chi connectivity index (χ0n) is 8.81. The quantitative estimate of drug-likeness (QED) is 0.315. The van der Waals surface area contributed by atoms with Crippen LogP contribution in [0.15, 0.2) is 21.9 Å². The van der Waals surface area contributed by atoms with Gasteiger partial charge in [-0.2, -0.15) is 16.8 Å². The van der Waals surface area contributed by atoms with Crippen LogP contribution in [0.25, 0.3) is 0 Å². The largest absolute Gasteiger partial charge is 0.504 e. The van der Waals surface area contributed by atoms with E-state index < -0.39 is 41.5 Å². The molecule has 0 saturated heterocycles. The van der Waals surface area contributed by atoms with Gasteiger partial charge in [0.2, 0.25) is 0 Å². The van der Waals surface area contributed by atoms with E-state index in [1.54, 1.807) is 0 Å². The number of benzene rings is 1. The van der Waals surface area contributed by atoms with Crippen molar-refractivity contribution in [3.8, 4) is 11.5 Å². The molecule has 0 aliphatic carbocycles. The first-order valence-electron chi connectivity index (χ1n) is 3.54. The minimum atomic E-state index is -4.92. The monoisotopic (exact) mass is 304 g/mol. The highest BCUT2D eigenvalue weighted by atomic mass is 32.2. The summed E-state index contributed by atoms with van der Waals surface area (Å²) in [5, 5.41) is 18.1.